The summed E-state index contributed by atoms with van der Waals surface area (Å²) in [5, 5.41) is 19.5. The summed E-state index contributed by atoms with van der Waals surface area (Å²) in [7, 11) is 0. The Balaban J connectivity index is 1.22. The van der Waals surface area contributed by atoms with Crippen LogP contribution in [0.15, 0.2) is 48.7 Å². The van der Waals surface area contributed by atoms with Crippen molar-refractivity contribution in [3.63, 3.8) is 0 Å². The number of carbonyl (C=O) groups is 1. The number of H-pyrrole nitrogens is 2. The van der Waals surface area contributed by atoms with Crippen LogP contribution in [-0.2, 0) is 19.3 Å². The Morgan fingerprint density at radius 1 is 1.12 bits per heavy atom. The van der Waals surface area contributed by atoms with Crippen molar-refractivity contribution in [1.82, 2.24) is 20.1 Å². The smallest absolute Gasteiger partial charge is 0.253 e. The number of carbonyl (C=O) groups excluding carboxylic acids is 1. The van der Waals surface area contributed by atoms with E-state index < -0.39 is 5.60 Å². The van der Waals surface area contributed by atoms with Crippen LogP contribution in [0.2, 0.25) is 0 Å². The van der Waals surface area contributed by atoms with Gasteiger partial charge in [0, 0.05) is 36.0 Å². The lowest BCUT2D eigenvalue weighted by Crippen LogP contribution is -2.47. The van der Waals surface area contributed by atoms with Gasteiger partial charge in [-0.25, -0.2) is 4.39 Å². The number of amides is 1. The maximum absolute atomic E-state index is 14.1. The molecule has 6 nitrogen and oxygen atoms in total. The fourth-order valence-electron chi connectivity index (χ4n) is 5.51. The molecule has 0 radical (unpaired) electrons. The lowest BCUT2D eigenvalue weighted by atomic mass is 9.85. The first-order valence-corrected chi connectivity index (χ1v) is 11.9. The van der Waals surface area contributed by atoms with E-state index >= 15 is 0 Å². The Morgan fingerprint density at radius 2 is 1.94 bits per heavy atom. The van der Waals surface area contributed by atoms with Gasteiger partial charge in [-0.05, 0) is 73.1 Å². The second kappa shape index (κ2) is 8.09. The molecule has 1 aliphatic carbocycles. The second-order valence-corrected chi connectivity index (χ2v) is 9.65. The van der Waals surface area contributed by atoms with Gasteiger partial charge in [-0.15, -0.1) is 0 Å². The molecule has 0 saturated carbocycles. The number of likely N-dealkylation sites (tertiary alicyclic amines) is 1. The fraction of sp³-hybridized carbons (Fsp3) is 0.333. The van der Waals surface area contributed by atoms with Crippen molar-refractivity contribution in [2.24, 2.45) is 0 Å². The van der Waals surface area contributed by atoms with Crippen LogP contribution in [0.4, 0.5) is 4.39 Å². The SMILES string of the molecule is O=C(c1ccc2[nH]c3c(c2c1)CCCc1cn[nH]c1-3)N1CCC(O)(Cc2ccccc2F)CC1. The van der Waals surface area contributed by atoms with Crippen molar-refractivity contribution < 1.29 is 14.3 Å². The van der Waals surface area contributed by atoms with Gasteiger partial charge in [-0.3, -0.25) is 9.89 Å². The number of halogens is 1. The summed E-state index contributed by atoms with van der Waals surface area (Å²) in [5.74, 6) is -0.323. The molecule has 0 unspecified atom stereocenters. The van der Waals surface area contributed by atoms with E-state index in [2.05, 4.69) is 15.2 Å². The third-order valence-electron chi connectivity index (χ3n) is 7.45. The molecular weight excluding hydrogens is 431 g/mol. The van der Waals surface area contributed by atoms with Crippen molar-refractivity contribution in [2.45, 2.75) is 44.1 Å². The van der Waals surface area contributed by atoms with Gasteiger partial charge < -0.3 is 15.0 Å². The zero-order valence-electron chi connectivity index (χ0n) is 18.9. The van der Waals surface area contributed by atoms with E-state index in [-0.39, 0.29) is 18.1 Å². The molecule has 3 heterocycles. The maximum atomic E-state index is 14.1. The van der Waals surface area contributed by atoms with Gasteiger partial charge in [-0.2, -0.15) is 5.10 Å². The average Bonchev–Trinajstić information content (AvgIpc) is 3.41. The molecule has 2 aliphatic rings. The quantitative estimate of drug-likeness (QED) is 0.426. The fourth-order valence-corrected chi connectivity index (χ4v) is 5.51. The zero-order valence-corrected chi connectivity index (χ0v) is 18.9. The number of rotatable bonds is 3. The highest BCUT2D eigenvalue weighted by Gasteiger charge is 2.35. The molecule has 3 N–H and O–H groups in total. The Bertz CT molecular complexity index is 1380. The molecule has 174 valence electrons. The topological polar surface area (TPSA) is 85.0 Å². The highest BCUT2D eigenvalue weighted by molar-refractivity contribution is 6.00. The first-order chi connectivity index (χ1) is 16.5. The molecule has 0 atom stereocenters. The van der Waals surface area contributed by atoms with Gasteiger partial charge in [0.1, 0.15) is 5.82 Å². The number of benzene rings is 2. The van der Waals surface area contributed by atoms with E-state index in [1.165, 1.54) is 17.2 Å². The summed E-state index contributed by atoms with van der Waals surface area (Å²) in [4.78, 5) is 18.7. The van der Waals surface area contributed by atoms with E-state index in [0.717, 1.165) is 41.6 Å². The molecule has 2 aromatic heterocycles. The van der Waals surface area contributed by atoms with E-state index in [1.807, 2.05) is 24.4 Å². The Hall–Kier alpha value is -3.45. The third kappa shape index (κ3) is 3.60. The summed E-state index contributed by atoms with van der Waals surface area (Å²) in [6.07, 6.45) is 5.99. The number of aryl methyl sites for hydroxylation is 2. The number of hydrogen-bond donors (Lipinski definition) is 3. The molecule has 4 aromatic rings. The lowest BCUT2D eigenvalue weighted by molar-refractivity contribution is -0.0167. The molecule has 2 aromatic carbocycles. The van der Waals surface area contributed by atoms with Gasteiger partial charge in [0.05, 0.1) is 23.2 Å². The standard InChI is InChI=1S/C27H27FN4O2/c28-22-7-2-1-4-18(22)15-27(34)10-12-32(13-11-27)26(33)17-8-9-23-21(14-17)20-6-3-5-19-16-29-31-24(19)25(20)30-23/h1-2,4,7-9,14,16,30,34H,3,5-6,10-13,15H2,(H,29,31). The molecule has 34 heavy (non-hydrogen) atoms. The highest BCUT2D eigenvalue weighted by Crippen LogP contribution is 2.36. The summed E-state index contributed by atoms with van der Waals surface area (Å²) in [6, 6.07) is 12.4. The minimum absolute atomic E-state index is 0.0272. The summed E-state index contributed by atoms with van der Waals surface area (Å²) in [6.45, 7) is 0.898. The van der Waals surface area contributed by atoms with E-state index in [1.54, 1.807) is 23.1 Å². The molecule has 1 fully saturated rings. The van der Waals surface area contributed by atoms with E-state index in [4.69, 9.17) is 0 Å². The van der Waals surface area contributed by atoms with Gasteiger partial charge in [0.25, 0.3) is 5.91 Å². The molecular formula is C27H27FN4O2. The van der Waals surface area contributed by atoms with Crippen LogP contribution >= 0.6 is 0 Å². The molecule has 6 rings (SSSR count). The van der Waals surface area contributed by atoms with Crippen LogP contribution in [0.5, 0.6) is 0 Å². The number of fused-ring (bicyclic) bond motifs is 5. The number of nitrogens with zero attached hydrogens (tertiary/aromatic N) is 2. The number of aliphatic hydroxyl groups is 1. The van der Waals surface area contributed by atoms with Crippen molar-refractivity contribution in [1.29, 1.82) is 0 Å². The predicted molar refractivity (Wildman–Crippen MR) is 128 cm³/mol. The maximum Gasteiger partial charge on any atom is 0.253 e. The Kier molecular flexibility index (Phi) is 5.03. The predicted octanol–water partition coefficient (Wildman–Crippen LogP) is 4.40. The zero-order chi connectivity index (χ0) is 23.3. The molecule has 7 heteroatoms. The number of aromatic amines is 2. The van der Waals surface area contributed by atoms with Crippen molar-refractivity contribution in [3.8, 4) is 11.4 Å². The first-order valence-electron chi connectivity index (χ1n) is 11.9. The molecule has 1 saturated heterocycles. The minimum Gasteiger partial charge on any atom is -0.389 e. The monoisotopic (exact) mass is 458 g/mol. The van der Waals surface area contributed by atoms with Gasteiger partial charge in [0.2, 0.25) is 0 Å². The molecule has 1 amide bonds. The second-order valence-electron chi connectivity index (χ2n) is 9.65. The third-order valence-corrected chi connectivity index (χ3v) is 7.45. The van der Waals surface area contributed by atoms with Crippen molar-refractivity contribution in [3.05, 3.63) is 76.7 Å². The van der Waals surface area contributed by atoms with Crippen molar-refractivity contribution in [2.75, 3.05) is 13.1 Å². The number of piperidine rings is 1. The Labute approximate surface area is 196 Å². The minimum atomic E-state index is -0.997. The van der Waals surface area contributed by atoms with Gasteiger partial charge >= 0.3 is 0 Å². The molecule has 0 bridgehead atoms. The highest BCUT2D eigenvalue weighted by atomic mass is 19.1. The molecule has 0 spiro atoms. The van der Waals surface area contributed by atoms with Crippen LogP contribution in [0.25, 0.3) is 22.3 Å². The normalized spacial score (nSPS) is 17.3. The van der Waals surface area contributed by atoms with E-state index in [0.29, 0.717) is 37.1 Å². The summed E-state index contributed by atoms with van der Waals surface area (Å²) < 4.78 is 14.1. The lowest BCUT2D eigenvalue weighted by Gasteiger charge is -2.38. The van der Waals surface area contributed by atoms with Crippen LogP contribution in [0.1, 0.15) is 46.3 Å². The van der Waals surface area contributed by atoms with Crippen LogP contribution in [0.3, 0.4) is 0 Å². The first kappa shape index (κ1) is 21.1. The van der Waals surface area contributed by atoms with Gasteiger partial charge in [-0.1, -0.05) is 18.2 Å². The average molecular weight is 459 g/mol. The number of hydrogen-bond acceptors (Lipinski definition) is 3. The van der Waals surface area contributed by atoms with E-state index in [9.17, 15) is 14.3 Å². The number of aromatic nitrogens is 3. The van der Waals surface area contributed by atoms with Crippen LogP contribution in [0, 0.1) is 5.82 Å². The van der Waals surface area contributed by atoms with Crippen LogP contribution < -0.4 is 0 Å². The summed E-state index contributed by atoms with van der Waals surface area (Å²) >= 11 is 0. The largest absolute Gasteiger partial charge is 0.389 e. The Morgan fingerprint density at radius 3 is 2.76 bits per heavy atom. The van der Waals surface area contributed by atoms with Crippen molar-refractivity contribution >= 4 is 16.8 Å². The summed E-state index contributed by atoms with van der Waals surface area (Å²) in [5.41, 5.74) is 5.75. The van der Waals surface area contributed by atoms with Crippen LogP contribution in [-0.4, -0.2) is 49.8 Å². The van der Waals surface area contributed by atoms with Gasteiger partial charge in [0.15, 0.2) is 0 Å². The number of nitrogens with one attached hydrogen (secondary N) is 2. The molecule has 1 aliphatic heterocycles.